The standard InChI is InChI=1S/C19H22N4OS/c1-5-15-6-8-16(9-7-15)13(3)22-18(24)17(10-20)11-21-19-23-12(2)14(4)25-19/h6-9,11,13H,5H2,1-4H3,(H,21,23)(H,22,24)/b17-11-. The Morgan fingerprint density at radius 2 is 2.04 bits per heavy atom. The average molecular weight is 354 g/mol. The first-order chi connectivity index (χ1) is 11.9. The first kappa shape index (κ1) is 18.7. The molecule has 1 aromatic carbocycles. The number of amides is 1. The van der Waals surface area contributed by atoms with Gasteiger partial charge in [0.15, 0.2) is 5.13 Å². The summed E-state index contributed by atoms with van der Waals surface area (Å²) in [5.74, 6) is -0.410. The van der Waals surface area contributed by atoms with Crippen molar-refractivity contribution in [3.8, 4) is 6.07 Å². The number of aromatic nitrogens is 1. The lowest BCUT2D eigenvalue weighted by Gasteiger charge is -2.14. The van der Waals surface area contributed by atoms with Crippen LogP contribution in [0.1, 0.15) is 41.6 Å². The van der Waals surface area contributed by atoms with E-state index < -0.39 is 5.91 Å². The summed E-state index contributed by atoms with van der Waals surface area (Å²) in [7, 11) is 0. The molecule has 0 bridgehead atoms. The molecule has 2 rings (SSSR count). The largest absolute Gasteiger partial charge is 0.345 e. The Morgan fingerprint density at radius 1 is 1.36 bits per heavy atom. The minimum absolute atomic E-state index is 0.0162. The fourth-order valence-electron chi connectivity index (χ4n) is 2.22. The van der Waals surface area contributed by atoms with Gasteiger partial charge in [-0.15, -0.1) is 11.3 Å². The van der Waals surface area contributed by atoms with E-state index in [1.165, 1.54) is 23.1 Å². The second kappa shape index (κ2) is 8.45. The Labute approximate surface area is 152 Å². The third kappa shape index (κ3) is 4.91. The van der Waals surface area contributed by atoms with Gasteiger partial charge in [-0.05, 0) is 38.3 Å². The van der Waals surface area contributed by atoms with E-state index in [9.17, 15) is 10.1 Å². The van der Waals surface area contributed by atoms with E-state index in [1.54, 1.807) is 0 Å². The number of nitrogens with one attached hydrogen (secondary N) is 2. The number of carbonyl (C=O) groups excluding carboxylic acids is 1. The zero-order chi connectivity index (χ0) is 18.4. The molecule has 0 saturated carbocycles. The lowest BCUT2D eigenvalue weighted by atomic mass is 10.0. The summed E-state index contributed by atoms with van der Waals surface area (Å²) in [6.07, 6.45) is 2.38. The van der Waals surface area contributed by atoms with Crippen LogP contribution in [0.5, 0.6) is 0 Å². The van der Waals surface area contributed by atoms with Gasteiger partial charge in [0.25, 0.3) is 5.91 Å². The molecule has 1 unspecified atom stereocenters. The number of anilines is 1. The lowest BCUT2D eigenvalue weighted by Crippen LogP contribution is -2.28. The van der Waals surface area contributed by atoms with Crippen LogP contribution in [0.3, 0.4) is 0 Å². The number of nitrogens with zero attached hydrogens (tertiary/aromatic N) is 2. The van der Waals surface area contributed by atoms with E-state index in [4.69, 9.17) is 0 Å². The van der Waals surface area contributed by atoms with Gasteiger partial charge in [0.05, 0.1) is 11.7 Å². The van der Waals surface area contributed by atoms with Crippen LogP contribution in [0.4, 0.5) is 5.13 Å². The summed E-state index contributed by atoms with van der Waals surface area (Å²) in [5.41, 5.74) is 3.20. The topological polar surface area (TPSA) is 77.8 Å². The molecule has 1 aromatic heterocycles. The number of rotatable bonds is 6. The Hall–Kier alpha value is -2.65. The third-order valence-electron chi connectivity index (χ3n) is 3.97. The minimum atomic E-state index is -0.410. The maximum atomic E-state index is 12.3. The lowest BCUT2D eigenvalue weighted by molar-refractivity contribution is -0.117. The van der Waals surface area contributed by atoms with E-state index in [-0.39, 0.29) is 11.6 Å². The normalized spacial score (nSPS) is 12.4. The fraction of sp³-hybridized carbons (Fsp3) is 0.316. The van der Waals surface area contributed by atoms with Crippen LogP contribution in [-0.4, -0.2) is 10.9 Å². The molecule has 0 aliphatic heterocycles. The number of benzene rings is 1. The smallest absolute Gasteiger partial charge is 0.263 e. The molecular weight excluding hydrogens is 332 g/mol. The van der Waals surface area contributed by atoms with E-state index in [2.05, 4.69) is 22.5 Å². The van der Waals surface area contributed by atoms with Crippen molar-refractivity contribution < 1.29 is 4.79 Å². The third-order valence-corrected chi connectivity index (χ3v) is 4.97. The van der Waals surface area contributed by atoms with Crippen LogP contribution in [0.2, 0.25) is 0 Å². The van der Waals surface area contributed by atoms with Gasteiger partial charge in [0, 0.05) is 11.1 Å². The van der Waals surface area contributed by atoms with E-state index in [1.807, 2.05) is 51.1 Å². The van der Waals surface area contributed by atoms with Gasteiger partial charge >= 0.3 is 0 Å². The van der Waals surface area contributed by atoms with Crippen molar-refractivity contribution in [2.45, 2.75) is 40.2 Å². The highest BCUT2D eigenvalue weighted by Gasteiger charge is 2.14. The molecule has 1 atom stereocenters. The van der Waals surface area contributed by atoms with Crippen LogP contribution >= 0.6 is 11.3 Å². The molecule has 0 radical (unpaired) electrons. The highest BCUT2D eigenvalue weighted by molar-refractivity contribution is 7.15. The number of hydrogen-bond donors (Lipinski definition) is 2. The van der Waals surface area contributed by atoms with Gasteiger partial charge in [-0.1, -0.05) is 31.2 Å². The number of carbonyl (C=O) groups is 1. The van der Waals surface area contributed by atoms with Crippen molar-refractivity contribution in [1.29, 1.82) is 5.26 Å². The summed E-state index contributed by atoms with van der Waals surface area (Å²) < 4.78 is 0. The monoisotopic (exact) mass is 354 g/mol. The second-order valence-corrected chi connectivity index (χ2v) is 6.97. The highest BCUT2D eigenvalue weighted by Crippen LogP contribution is 2.21. The molecule has 5 nitrogen and oxygen atoms in total. The molecular formula is C19H22N4OS. The van der Waals surface area contributed by atoms with Crippen molar-refractivity contribution in [1.82, 2.24) is 10.3 Å². The van der Waals surface area contributed by atoms with Crippen molar-refractivity contribution in [2.24, 2.45) is 0 Å². The molecule has 1 amide bonds. The fourth-order valence-corrected chi connectivity index (χ4v) is 3.00. The van der Waals surface area contributed by atoms with E-state index in [0.29, 0.717) is 5.13 Å². The summed E-state index contributed by atoms with van der Waals surface area (Å²) in [4.78, 5) is 17.7. The Balaban J connectivity index is 2.03. The molecule has 0 fully saturated rings. The summed E-state index contributed by atoms with van der Waals surface area (Å²) >= 11 is 1.48. The molecule has 2 aromatic rings. The van der Waals surface area contributed by atoms with Crippen molar-refractivity contribution in [3.05, 3.63) is 57.7 Å². The molecule has 0 aliphatic rings. The molecule has 1 heterocycles. The van der Waals surface area contributed by atoms with Crippen molar-refractivity contribution >= 4 is 22.4 Å². The quantitative estimate of drug-likeness (QED) is 0.607. The molecule has 0 spiro atoms. The molecule has 0 aliphatic carbocycles. The highest BCUT2D eigenvalue weighted by atomic mass is 32.1. The number of thiazole rings is 1. The maximum Gasteiger partial charge on any atom is 0.263 e. The zero-order valence-electron chi connectivity index (χ0n) is 14.9. The van der Waals surface area contributed by atoms with Gasteiger partial charge in [-0.25, -0.2) is 4.98 Å². The molecule has 2 N–H and O–H groups in total. The number of aryl methyl sites for hydroxylation is 3. The van der Waals surface area contributed by atoms with Crippen molar-refractivity contribution in [3.63, 3.8) is 0 Å². The van der Waals surface area contributed by atoms with Crippen LogP contribution in [0.15, 0.2) is 36.0 Å². The molecule has 130 valence electrons. The van der Waals surface area contributed by atoms with Gasteiger partial charge in [0.1, 0.15) is 11.6 Å². The number of hydrogen-bond acceptors (Lipinski definition) is 5. The predicted octanol–water partition coefficient (Wildman–Crippen LogP) is 4.02. The molecule has 6 heteroatoms. The van der Waals surface area contributed by atoms with Gasteiger partial charge in [-0.2, -0.15) is 5.26 Å². The average Bonchev–Trinajstić information content (AvgIpc) is 2.93. The predicted molar refractivity (Wildman–Crippen MR) is 101 cm³/mol. The molecule has 25 heavy (non-hydrogen) atoms. The first-order valence-electron chi connectivity index (χ1n) is 8.15. The maximum absolute atomic E-state index is 12.3. The van der Waals surface area contributed by atoms with Gasteiger partial charge in [-0.3, -0.25) is 4.79 Å². The Kier molecular flexibility index (Phi) is 6.31. The summed E-state index contributed by atoms with van der Waals surface area (Å²) in [5, 5.41) is 15.7. The van der Waals surface area contributed by atoms with Gasteiger partial charge < -0.3 is 10.6 Å². The summed E-state index contributed by atoms with van der Waals surface area (Å²) in [6, 6.07) is 9.85. The SMILES string of the molecule is CCc1ccc(C(C)NC(=O)/C(C#N)=C\Nc2nc(C)c(C)s2)cc1. The van der Waals surface area contributed by atoms with Crippen LogP contribution < -0.4 is 10.6 Å². The number of nitriles is 1. The molecule has 0 saturated heterocycles. The van der Waals surface area contributed by atoms with Gasteiger partial charge in [0.2, 0.25) is 0 Å². The van der Waals surface area contributed by atoms with E-state index in [0.717, 1.165) is 22.6 Å². The summed E-state index contributed by atoms with van der Waals surface area (Å²) in [6.45, 7) is 7.90. The minimum Gasteiger partial charge on any atom is -0.345 e. The van der Waals surface area contributed by atoms with Crippen molar-refractivity contribution in [2.75, 3.05) is 5.32 Å². The zero-order valence-corrected chi connectivity index (χ0v) is 15.7. The van der Waals surface area contributed by atoms with Crippen LogP contribution in [-0.2, 0) is 11.2 Å². The first-order valence-corrected chi connectivity index (χ1v) is 8.96. The Bertz CT molecular complexity index is 795. The van der Waals surface area contributed by atoms with E-state index >= 15 is 0 Å². The van der Waals surface area contributed by atoms with Crippen LogP contribution in [0.25, 0.3) is 0 Å². The second-order valence-electron chi connectivity index (χ2n) is 5.77. The Morgan fingerprint density at radius 3 is 2.56 bits per heavy atom. The van der Waals surface area contributed by atoms with Crippen LogP contribution in [0, 0.1) is 25.2 Å².